The Kier molecular flexibility index (Phi) is 6.94. The lowest BCUT2D eigenvalue weighted by Crippen LogP contribution is -2.43. The molecule has 6 nitrogen and oxygen atoms in total. The van der Waals surface area contributed by atoms with Gasteiger partial charge in [-0.1, -0.05) is 30.3 Å². The smallest absolute Gasteiger partial charge is 0.227 e. The lowest BCUT2D eigenvalue weighted by molar-refractivity contribution is -0.130. The molecule has 0 spiro atoms. The second-order valence-corrected chi connectivity index (χ2v) is 8.57. The molecule has 1 fully saturated rings. The maximum Gasteiger partial charge on any atom is 0.227 e. The summed E-state index contributed by atoms with van der Waals surface area (Å²) in [6.07, 6.45) is 5.10. The van der Waals surface area contributed by atoms with Gasteiger partial charge in [0, 0.05) is 32.5 Å². The van der Waals surface area contributed by atoms with E-state index in [1.807, 2.05) is 30.3 Å². The summed E-state index contributed by atoms with van der Waals surface area (Å²) in [4.78, 5) is 19.5. The number of amides is 1. The van der Waals surface area contributed by atoms with E-state index in [0.717, 1.165) is 46.7 Å². The fourth-order valence-electron chi connectivity index (χ4n) is 4.83. The Morgan fingerprint density at radius 2 is 1.64 bits per heavy atom. The van der Waals surface area contributed by atoms with Crippen LogP contribution in [-0.2, 0) is 17.8 Å². The van der Waals surface area contributed by atoms with Gasteiger partial charge in [0.25, 0.3) is 0 Å². The maximum atomic E-state index is 13.1. The molecule has 1 atom stereocenters. The van der Waals surface area contributed by atoms with Crippen molar-refractivity contribution in [2.45, 2.75) is 19.4 Å². The number of ether oxygens (including phenoxy) is 2. The Labute approximate surface area is 195 Å². The number of nitrogens with zero attached hydrogens (tertiary/aromatic N) is 2. The van der Waals surface area contributed by atoms with Crippen LogP contribution in [0.4, 0.5) is 0 Å². The summed E-state index contributed by atoms with van der Waals surface area (Å²) in [7, 11) is 5.07. The molecule has 2 heterocycles. The molecule has 1 unspecified atom stereocenters. The van der Waals surface area contributed by atoms with E-state index in [0.29, 0.717) is 19.5 Å². The van der Waals surface area contributed by atoms with E-state index in [9.17, 15) is 4.79 Å². The van der Waals surface area contributed by atoms with E-state index >= 15 is 0 Å². The molecule has 1 aromatic heterocycles. The van der Waals surface area contributed by atoms with Gasteiger partial charge in [-0.3, -0.25) is 14.7 Å². The Hall–Kier alpha value is -3.38. The number of hydrogen-bond donors (Lipinski definition) is 1. The highest BCUT2D eigenvalue weighted by molar-refractivity contribution is 5.83. The van der Waals surface area contributed by atoms with Crippen molar-refractivity contribution in [2.24, 2.45) is 5.41 Å². The van der Waals surface area contributed by atoms with Crippen molar-refractivity contribution in [1.29, 1.82) is 0 Å². The molecule has 33 heavy (non-hydrogen) atoms. The predicted octanol–water partition coefficient (Wildman–Crippen LogP) is 3.95. The van der Waals surface area contributed by atoms with E-state index in [2.05, 4.69) is 39.5 Å². The van der Waals surface area contributed by atoms with Crippen LogP contribution in [0.1, 0.15) is 17.5 Å². The summed E-state index contributed by atoms with van der Waals surface area (Å²) in [5.41, 5.74) is 3.98. The van der Waals surface area contributed by atoms with E-state index in [-0.39, 0.29) is 5.91 Å². The Balaban J connectivity index is 1.53. The summed E-state index contributed by atoms with van der Waals surface area (Å²) in [6.45, 7) is 2.19. The maximum absolute atomic E-state index is 13.1. The number of pyridine rings is 1. The number of hydrogen-bond acceptors (Lipinski definition) is 5. The Morgan fingerprint density at radius 1 is 1.00 bits per heavy atom. The van der Waals surface area contributed by atoms with E-state index < -0.39 is 5.41 Å². The van der Waals surface area contributed by atoms with Crippen LogP contribution in [0.5, 0.6) is 11.5 Å². The van der Waals surface area contributed by atoms with Gasteiger partial charge in [-0.2, -0.15) is 0 Å². The first-order valence-electron chi connectivity index (χ1n) is 11.2. The molecule has 172 valence electrons. The molecule has 0 radical (unpaired) electrons. The quantitative estimate of drug-likeness (QED) is 0.569. The van der Waals surface area contributed by atoms with Crippen molar-refractivity contribution in [1.82, 2.24) is 15.2 Å². The Morgan fingerprint density at radius 3 is 2.24 bits per heavy atom. The van der Waals surface area contributed by atoms with Crippen LogP contribution < -0.4 is 14.8 Å². The van der Waals surface area contributed by atoms with Crippen molar-refractivity contribution in [3.05, 3.63) is 78.1 Å². The SMILES string of the molecule is CNC(=O)C1(Cc2ccc(-c3ccncc3)cc2)CCN(Cc2c(OC)cccc2OC)C1. The van der Waals surface area contributed by atoms with Crippen molar-refractivity contribution in [2.75, 3.05) is 34.4 Å². The summed E-state index contributed by atoms with van der Waals surface area (Å²) < 4.78 is 11.1. The average molecular weight is 446 g/mol. The molecule has 0 aliphatic carbocycles. The van der Waals surface area contributed by atoms with Gasteiger partial charge < -0.3 is 14.8 Å². The fraction of sp³-hybridized carbons (Fsp3) is 0.333. The monoisotopic (exact) mass is 445 g/mol. The molecule has 0 saturated carbocycles. The van der Waals surface area contributed by atoms with E-state index in [4.69, 9.17) is 9.47 Å². The number of methoxy groups -OCH3 is 2. The number of carbonyl (C=O) groups is 1. The van der Waals surface area contributed by atoms with Crippen molar-refractivity contribution < 1.29 is 14.3 Å². The lowest BCUT2D eigenvalue weighted by Gasteiger charge is -2.28. The second kappa shape index (κ2) is 10.0. The van der Waals surface area contributed by atoms with E-state index in [1.54, 1.807) is 33.7 Å². The largest absolute Gasteiger partial charge is 0.496 e. The standard InChI is InChI=1S/C27H31N3O3/c1-28-26(31)27(17-20-7-9-21(10-8-20)22-11-14-29-15-12-22)13-16-30(19-27)18-23-24(32-2)5-4-6-25(23)33-3/h4-12,14-15H,13,16-19H2,1-3H3,(H,28,31). The predicted molar refractivity (Wildman–Crippen MR) is 129 cm³/mol. The molecule has 1 N–H and O–H groups in total. The number of benzene rings is 2. The van der Waals surface area contributed by atoms with Gasteiger partial charge in [-0.25, -0.2) is 0 Å². The number of nitrogens with one attached hydrogen (secondary N) is 1. The van der Waals surface area contributed by atoms with E-state index in [1.165, 1.54) is 0 Å². The summed E-state index contributed by atoms with van der Waals surface area (Å²) in [5.74, 6) is 1.70. The van der Waals surface area contributed by atoms with Crippen molar-refractivity contribution >= 4 is 5.91 Å². The van der Waals surface area contributed by atoms with Crippen LogP contribution in [0.15, 0.2) is 67.0 Å². The minimum Gasteiger partial charge on any atom is -0.496 e. The van der Waals surface area contributed by atoms with Gasteiger partial charge in [0.15, 0.2) is 0 Å². The van der Waals surface area contributed by atoms with Gasteiger partial charge >= 0.3 is 0 Å². The zero-order chi connectivity index (χ0) is 23.3. The van der Waals surface area contributed by atoms with Gasteiger partial charge in [0.05, 0.1) is 25.2 Å². The second-order valence-electron chi connectivity index (χ2n) is 8.57. The van der Waals surface area contributed by atoms with Gasteiger partial charge in [-0.05, 0) is 60.3 Å². The molecule has 1 aliphatic heterocycles. The normalized spacial score (nSPS) is 18.2. The highest BCUT2D eigenvalue weighted by atomic mass is 16.5. The third-order valence-corrected chi connectivity index (χ3v) is 6.56. The molecule has 3 aromatic rings. The van der Waals surface area contributed by atoms with Crippen LogP contribution in [0, 0.1) is 5.41 Å². The van der Waals surface area contributed by atoms with Crippen LogP contribution in [0.25, 0.3) is 11.1 Å². The lowest BCUT2D eigenvalue weighted by atomic mass is 9.79. The summed E-state index contributed by atoms with van der Waals surface area (Å²) in [5, 5.41) is 2.91. The Bertz CT molecular complexity index is 1060. The topological polar surface area (TPSA) is 63.7 Å². The number of carbonyl (C=O) groups excluding carboxylic acids is 1. The molecule has 4 rings (SSSR count). The highest BCUT2D eigenvalue weighted by Gasteiger charge is 2.44. The summed E-state index contributed by atoms with van der Waals surface area (Å²) in [6, 6.07) is 18.3. The van der Waals surface area contributed by atoms with Crippen LogP contribution in [0.2, 0.25) is 0 Å². The first-order chi connectivity index (χ1) is 16.1. The molecule has 1 saturated heterocycles. The molecular weight excluding hydrogens is 414 g/mol. The third-order valence-electron chi connectivity index (χ3n) is 6.56. The van der Waals surface area contributed by atoms with Gasteiger partial charge in [0.2, 0.25) is 5.91 Å². The average Bonchev–Trinajstić information content (AvgIpc) is 3.28. The molecule has 1 amide bonds. The first-order valence-corrected chi connectivity index (χ1v) is 11.2. The molecule has 1 aliphatic rings. The zero-order valence-electron chi connectivity index (χ0n) is 19.5. The number of rotatable bonds is 8. The number of aromatic nitrogens is 1. The van der Waals surface area contributed by atoms with Crippen molar-refractivity contribution in [3.63, 3.8) is 0 Å². The summed E-state index contributed by atoms with van der Waals surface area (Å²) >= 11 is 0. The van der Waals surface area contributed by atoms with Crippen molar-refractivity contribution in [3.8, 4) is 22.6 Å². The molecule has 0 bridgehead atoms. The van der Waals surface area contributed by atoms with Crippen LogP contribution in [-0.4, -0.2) is 50.1 Å². The molecule has 2 aromatic carbocycles. The minimum absolute atomic E-state index is 0.0928. The minimum atomic E-state index is -0.470. The van der Waals surface area contributed by atoms with Crippen LogP contribution >= 0.6 is 0 Å². The number of likely N-dealkylation sites (tertiary alicyclic amines) is 1. The molecule has 6 heteroatoms. The third kappa shape index (κ3) is 4.86. The van der Waals surface area contributed by atoms with Crippen LogP contribution in [0.3, 0.4) is 0 Å². The molecular formula is C27H31N3O3. The zero-order valence-corrected chi connectivity index (χ0v) is 19.5. The van der Waals surface area contributed by atoms with Gasteiger partial charge in [-0.15, -0.1) is 0 Å². The van der Waals surface area contributed by atoms with Gasteiger partial charge in [0.1, 0.15) is 11.5 Å². The fourth-order valence-corrected chi connectivity index (χ4v) is 4.83. The first kappa shape index (κ1) is 22.8. The highest BCUT2D eigenvalue weighted by Crippen LogP contribution is 2.38.